The summed E-state index contributed by atoms with van der Waals surface area (Å²) in [5, 5.41) is 9.65. The molecule has 31 heavy (non-hydrogen) atoms. The second-order valence-corrected chi connectivity index (χ2v) is 9.63. The standard InChI is InChI=1S/C21H20NS.C5H8O2.Ir/c1-21(2,3)15-10-8-14(9-11-15)19-17-12-13-23-20(17)16-6-4-5-7-18(16)22-19;1-4(6)3-5(2)7;/h4-8,10-11H,12-13H2,1-3H3;3,6H,1-2H3;/q-1;;/b;4-3-;. The third-order valence-corrected chi connectivity index (χ3v) is 6.05. The Balaban J connectivity index is 0.000000373. The van der Waals surface area contributed by atoms with Gasteiger partial charge >= 0.3 is 0 Å². The van der Waals surface area contributed by atoms with Gasteiger partial charge in [-0.05, 0) is 43.0 Å². The number of fused-ring (bicyclic) bond motifs is 3. The molecule has 1 aliphatic heterocycles. The van der Waals surface area contributed by atoms with Crippen molar-refractivity contribution in [2.75, 3.05) is 5.75 Å². The average molecular weight is 611 g/mol. The number of benzene rings is 2. The van der Waals surface area contributed by atoms with Crippen molar-refractivity contribution in [2.45, 2.75) is 51.3 Å². The van der Waals surface area contributed by atoms with Crippen molar-refractivity contribution < 1.29 is 30.0 Å². The first-order valence-electron chi connectivity index (χ1n) is 10.1. The minimum Gasteiger partial charge on any atom is -0.512 e. The van der Waals surface area contributed by atoms with Crippen LogP contribution in [0.1, 0.15) is 45.7 Å². The van der Waals surface area contributed by atoms with Crippen molar-refractivity contribution in [2.24, 2.45) is 0 Å². The van der Waals surface area contributed by atoms with E-state index in [0.717, 1.165) is 28.9 Å². The van der Waals surface area contributed by atoms with Gasteiger partial charge in [0.25, 0.3) is 0 Å². The van der Waals surface area contributed by atoms with Crippen LogP contribution in [0.3, 0.4) is 0 Å². The van der Waals surface area contributed by atoms with Crippen LogP contribution in [0.5, 0.6) is 0 Å². The van der Waals surface area contributed by atoms with Gasteiger partial charge < -0.3 is 5.11 Å². The molecule has 3 aromatic rings. The maximum atomic E-state index is 10.0. The molecule has 0 amide bonds. The van der Waals surface area contributed by atoms with Gasteiger partial charge in [-0.1, -0.05) is 39.0 Å². The molecule has 0 bridgehead atoms. The normalized spacial score (nSPS) is 13.1. The summed E-state index contributed by atoms with van der Waals surface area (Å²) in [6, 6.07) is 18.5. The molecule has 0 saturated heterocycles. The monoisotopic (exact) mass is 611 g/mol. The van der Waals surface area contributed by atoms with Crippen molar-refractivity contribution in [3.05, 3.63) is 71.5 Å². The zero-order valence-corrected chi connectivity index (χ0v) is 21.8. The minimum atomic E-state index is -0.125. The Kier molecular flexibility index (Phi) is 8.64. The summed E-state index contributed by atoms with van der Waals surface area (Å²) in [7, 11) is 0. The summed E-state index contributed by atoms with van der Waals surface area (Å²) < 4.78 is 0. The van der Waals surface area contributed by atoms with Gasteiger partial charge in [-0.15, -0.1) is 47.2 Å². The predicted molar refractivity (Wildman–Crippen MR) is 126 cm³/mol. The van der Waals surface area contributed by atoms with Gasteiger partial charge in [0.15, 0.2) is 5.78 Å². The zero-order chi connectivity index (χ0) is 21.9. The zero-order valence-electron chi connectivity index (χ0n) is 18.6. The van der Waals surface area contributed by atoms with Gasteiger partial charge in [0.2, 0.25) is 0 Å². The molecule has 3 nitrogen and oxygen atoms in total. The van der Waals surface area contributed by atoms with E-state index in [-0.39, 0.29) is 37.1 Å². The molecule has 0 aliphatic carbocycles. The third kappa shape index (κ3) is 6.29. The van der Waals surface area contributed by atoms with E-state index < -0.39 is 0 Å². The van der Waals surface area contributed by atoms with Crippen molar-refractivity contribution >= 4 is 28.4 Å². The van der Waals surface area contributed by atoms with E-state index in [1.54, 1.807) is 0 Å². The molecule has 4 rings (SSSR count). The van der Waals surface area contributed by atoms with Crippen LogP contribution < -0.4 is 0 Å². The molecule has 5 heteroatoms. The topological polar surface area (TPSA) is 50.2 Å². The van der Waals surface area contributed by atoms with Crippen LogP contribution in [0.2, 0.25) is 0 Å². The summed E-state index contributed by atoms with van der Waals surface area (Å²) >= 11 is 1.96. The fourth-order valence-corrected chi connectivity index (χ4v) is 4.64. The molecule has 2 aromatic carbocycles. The van der Waals surface area contributed by atoms with Gasteiger partial charge in [0.05, 0.1) is 11.3 Å². The van der Waals surface area contributed by atoms with Gasteiger partial charge in [-0.3, -0.25) is 9.78 Å². The number of rotatable bonds is 2. The number of nitrogens with zero attached hydrogens (tertiary/aromatic N) is 1. The number of aromatic nitrogens is 1. The Hall–Kier alpha value is -1.94. The Morgan fingerprint density at radius 2 is 1.87 bits per heavy atom. The maximum absolute atomic E-state index is 10.0. The number of hydrogen-bond donors (Lipinski definition) is 1. The van der Waals surface area contributed by atoms with E-state index in [1.165, 1.54) is 41.3 Å². The number of aliphatic hydroxyl groups is 1. The first-order chi connectivity index (χ1) is 14.2. The maximum Gasteiger partial charge on any atom is 0.155 e. The SMILES string of the molecule is CC(=O)/C=C(/C)O.CC(C)(C)c1c[c-]c(-c2nc3ccccc3c3c2CCS3)cc1.[Ir]. The van der Waals surface area contributed by atoms with E-state index in [4.69, 9.17) is 10.1 Å². The van der Waals surface area contributed by atoms with Crippen LogP contribution in [0, 0.1) is 6.07 Å². The quantitative estimate of drug-likeness (QED) is 0.200. The number of carbonyl (C=O) groups excluding carboxylic acids is 1. The van der Waals surface area contributed by atoms with Crippen molar-refractivity contribution in [3.63, 3.8) is 0 Å². The van der Waals surface area contributed by atoms with Crippen LogP contribution >= 0.6 is 11.8 Å². The Bertz CT molecular complexity index is 1090. The van der Waals surface area contributed by atoms with Crippen molar-refractivity contribution in [1.82, 2.24) is 4.98 Å². The summed E-state index contributed by atoms with van der Waals surface area (Å²) in [6.07, 6.45) is 2.27. The van der Waals surface area contributed by atoms with Gasteiger partial charge in [0.1, 0.15) is 0 Å². The van der Waals surface area contributed by atoms with E-state index in [9.17, 15) is 4.79 Å². The van der Waals surface area contributed by atoms with E-state index in [1.807, 2.05) is 11.8 Å². The van der Waals surface area contributed by atoms with Crippen molar-refractivity contribution in [1.29, 1.82) is 0 Å². The van der Waals surface area contributed by atoms with E-state index in [2.05, 4.69) is 69.3 Å². The molecule has 1 aliphatic rings. The van der Waals surface area contributed by atoms with Crippen LogP contribution in [0.4, 0.5) is 0 Å². The van der Waals surface area contributed by atoms with Crippen LogP contribution in [0.15, 0.2) is 59.2 Å². The molecule has 0 saturated carbocycles. The van der Waals surface area contributed by atoms with Crippen LogP contribution in [-0.2, 0) is 36.7 Å². The number of thioether (sulfide) groups is 1. The van der Waals surface area contributed by atoms with Crippen LogP contribution in [-0.4, -0.2) is 21.6 Å². The second kappa shape index (κ2) is 10.6. The smallest absolute Gasteiger partial charge is 0.155 e. The van der Waals surface area contributed by atoms with E-state index in [0.29, 0.717) is 0 Å². The summed E-state index contributed by atoms with van der Waals surface area (Å²) in [4.78, 5) is 16.4. The fraction of sp³-hybridized carbons (Fsp3) is 0.308. The molecule has 1 N–H and O–H groups in total. The Labute approximate surface area is 202 Å². The molecule has 165 valence electrons. The second-order valence-electron chi connectivity index (χ2n) is 8.52. The van der Waals surface area contributed by atoms with Gasteiger partial charge in [0, 0.05) is 42.2 Å². The molecule has 0 atom stereocenters. The molecule has 1 radical (unpaired) electrons. The minimum absolute atomic E-state index is 0. The van der Waals surface area contributed by atoms with Gasteiger partial charge in [-0.25, -0.2) is 0 Å². The van der Waals surface area contributed by atoms with Gasteiger partial charge in [-0.2, -0.15) is 0 Å². The number of carbonyl (C=O) groups is 1. The number of allylic oxidation sites excluding steroid dienone is 2. The third-order valence-electron chi connectivity index (χ3n) is 4.89. The molecule has 2 heterocycles. The Morgan fingerprint density at radius 3 is 2.42 bits per heavy atom. The summed E-state index contributed by atoms with van der Waals surface area (Å²) in [5.74, 6) is 1.09. The largest absolute Gasteiger partial charge is 0.512 e. The molecule has 0 spiro atoms. The van der Waals surface area contributed by atoms with Crippen LogP contribution in [0.25, 0.3) is 22.2 Å². The first kappa shape index (κ1) is 25.3. The van der Waals surface area contributed by atoms with E-state index >= 15 is 0 Å². The average Bonchev–Trinajstić information content (AvgIpc) is 3.16. The molecular weight excluding hydrogens is 583 g/mol. The van der Waals surface area contributed by atoms with Crippen molar-refractivity contribution in [3.8, 4) is 11.3 Å². The summed E-state index contributed by atoms with van der Waals surface area (Å²) in [5.41, 5.74) is 6.18. The number of ketones is 1. The predicted octanol–water partition coefficient (Wildman–Crippen LogP) is 6.68. The number of aliphatic hydroxyl groups excluding tert-OH is 1. The number of hydrogen-bond acceptors (Lipinski definition) is 4. The Morgan fingerprint density at radius 1 is 1.16 bits per heavy atom. The molecule has 0 fully saturated rings. The first-order valence-corrected chi connectivity index (χ1v) is 11.1. The number of para-hydroxylation sites is 1. The molecule has 1 aromatic heterocycles. The number of pyridine rings is 1. The summed E-state index contributed by atoms with van der Waals surface area (Å²) in [6.45, 7) is 9.55. The fourth-order valence-electron chi connectivity index (χ4n) is 3.43. The molecule has 0 unspecified atom stereocenters. The molecular formula is C26H28IrNO2S-.